The quantitative estimate of drug-likeness (QED) is 0.676. The molecule has 0 aliphatic heterocycles. The van der Waals surface area contributed by atoms with Crippen molar-refractivity contribution < 1.29 is 0 Å². The maximum Gasteiger partial charge on any atom is 0.0702 e. The van der Waals surface area contributed by atoms with Crippen LogP contribution in [0.5, 0.6) is 0 Å². The van der Waals surface area contributed by atoms with Crippen molar-refractivity contribution >= 4 is 10.9 Å². The van der Waals surface area contributed by atoms with E-state index in [0.29, 0.717) is 0 Å². The van der Waals surface area contributed by atoms with Crippen molar-refractivity contribution in [3.05, 3.63) is 41.6 Å². The van der Waals surface area contributed by atoms with Gasteiger partial charge in [0.05, 0.1) is 5.52 Å². The van der Waals surface area contributed by atoms with Crippen LogP contribution in [0.2, 0.25) is 0 Å². The van der Waals surface area contributed by atoms with Crippen LogP contribution in [0.1, 0.15) is 31.9 Å². The molecule has 0 spiro atoms. The van der Waals surface area contributed by atoms with E-state index in [1.807, 2.05) is 20.0 Å². The molecule has 0 fully saturated rings. The molecule has 1 aromatic carbocycles. The third kappa shape index (κ3) is 2.79. The fraction of sp³-hybridized carbons (Fsp3) is 0.357. The molecular weight excluding hydrogens is 182 g/mol. The zero-order valence-corrected chi connectivity index (χ0v) is 10.0. The predicted octanol–water partition coefficient (Wildman–Crippen LogP) is 4.13. The highest BCUT2D eigenvalue weighted by atomic mass is 14.6. The Morgan fingerprint density at radius 1 is 1.13 bits per heavy atom. The lowest BCUT2D eigenvalue weighted by molar-refractivity contribution is 1.14. The molecule has 0 saturated heterocycles. The molecule has 0 atom stereocenters. The Balaban J connectivity index is 0.000000531. The second-order valence-corrected chi connectivity index (χ2v) is 3.39. The largest absolute Gasteiger partial charge is 0.256 e. The van der Waals surface area contributed by atoms with Crippen molar-refractivity contribution in [1.29, 1.82) is 0 Å². The molecule has 1 heteroatoms. The number of rotatable bonds is 1. The SMILES string of the molecule is CC.CCc1ccc2ncc(C)cc2c1. The monoisotopic (exact) mass is 201 g/mol. The Morgan fingerprint density at radius 2 is 1.87 bits per heavy atom. The molecule has 80 valence electrons. The number of aromatic nitrogens is 1. The number of hydrogen-bond donors (Lipinski definition) is 0. The lowest BCUT2D eigenvalue weighted by Crippen LogP contribution is -1.84. The Labute approximate surface area is 92.2 Å². The van der Waals surface area contributed by atoms with Gasteiger partial charge in [-0.1, -0.05) is 26.8 Å². The first kappa shape index (κ1) is 11.7. The maximum absolute atomic E-state index is 4.36. The van der Waals surface area contributed by atoms with Crippen LogP contribution in [0.4, 0.5) is 0 Å². The van der Waals surface area contributed by atoms with E-state index in [-0.39, 0.29) is 0 Å². The summed E-state index contributed by atoms with van der Waals surface area (Å²) in [5, 5.41) is 1.25. The highest BCUT2D eigenvalue weighted by molar-refractivity contribution is 5.79. The minimum absolute atomic E-state index is 1.09. The molecule has 0 saturated carbocycles. The van der Waals surface area contributed by atoms with Gasteiger partial charge < -0.3 is 0 Å². The molecular formula is C14H19N. The van der Waals surface area contributed by atoms with Gasteiger partial charge in [-0.15, -0.1) is 0 Å². The lowest BCUT2D eigenvalue weighted by Gasteiger charge is -2.01. The fourth-order valence-electron chi connectivity index (χ4n) is 1.51. The summed E-state index contributed by atoms with van der Waals surface area (Å²) in [7, 11) is 0. The van der Waals surface area contributed by atoms with Crippen LogP contribution in [-0.2, 0) is 6.42 Å². The molecule has 2 aromatic rings. The molecule has 2 rings (SSSR count). The summed E-state index contributed by atoms with van der Waals surface area (Å²) >= 11 is 0. The molecule has 0 radical (unpaired) electrons. The van der Waals surface area contributed by atoms with Gasteiger partial charge in [0.2, 0.25) is 0 Å². The van der Waals surface area contributed by atoms with E-state index >= 15 is 0 Å². The molecule has 1 aromatic heterocycles. The molecule has 0 N–H and O–H groups in total. The van der Waals surface area contributed by atoms with Crippen LogP contribution in [-0.4, -0.2) is 4.98 Å². The summed E-state index contributed by atoms with van der Waals surface area (Å²) in [4.78, 5) is 4.36. The first-order chi connectivity index (χ1) is 7.29. The van der Waals surface area contributed by atoms with E-state index < -0.39 is 0 Å². The molecule has 1 heterocycles. The fourth-order valence-corrected chi connectivity index (χ4v) is 1.51. The maximum atomic E-state index is 4.36. The topological polar surface area (TPSA) is 12.9 Å². The summed E-state index contributed by atoms with van der Waals surface area (Å²) < 4.78 is 0. The van der Waals surface area contributed by atoms with Crippen molar-refractivity contribution in [2.45, 2.75) is 34.1 Å². The van der Waals surface area contributed by atoms with Gasteiger partial charge in [0.15, 0.2) is 0 Å². The van der Waals surface area contributed by atoms with Crippen molar-refractivity contribution in [1.82, 2.24) is 4.98 Å². The third-order valence-corrected chi connectivity index (χ3v) is 2.29. The van der Waals surface area contributed by atoms with E-state index in [1.165, 1.54) is 16.5 Å². The molecule has 0 aliphatic rings. The summed E-state index contributed by atoms with van der Waals surface area (Å²) in [6.07, 6.45) is 3.00. The number of hydrogen-bond acceptors (Lipinski definition) is 1. The molecule has 1 nitrogen and oxygen atoms in total. The van der Waals surface area contributed by atoms with Crippen LogP contribution in [0.3, 0.4) is 0 Å². The minimum atomic E-state index is 1.09. The average molecular weight is 201 g/mol. The van der Waals surface area contributed by atoms with E-state index in [1.54, 1.807) is 0 Å². The van der Waals surface area contributed by atoms with Crippen LogP contribution < -0.4 is 0 Å². The Hall–Kier alpha value is -1.37. The van der Waals surface area contributed by atoms with Crippen LogP contribution in [0.15, 0.2) is 30.5 Å². The summed E-state index contributed by atoms with van der Waals surface area (Å²) in [6.45, 7) is 8.25. The Bertz CT molecular complexity index is 432. The van der Waals surface area contributed by atoms with Crippen molar-refractivity contribution in [3.63, 3.8) is 0 Å². The Kier molecular flexibility index (Phi) is 4.29. The van der Waals surface area contributed by atoms with E-state index in [4.69, 9.17) is 0 Å². The van der Waals surface area contributed by atoms with Crippen LogP contribution in [0, 0.1) is 6.92 Å². The van der Waals surface area contributed by atoms with Gasteiger partial charge in [0, 0.05) is 11.6 Å². The van der Waals surface area contributed by atoms with Crippen LogP contribution >= 0.6 is 0 Å². The Morgan fingerprint density at radius 3 is 2.53 bits per heavy atom. The summed E-state index contributed by atoms with van der Waals surface area (Å²) in [6, 6.07) is 8.63. The normalized spacial score (nSPS) is 9.60. The highest BCUT2D eigenvalue weighted by Crippen LogP contribution is 2.15. The first-order valence-corrected chi connectivity index (χ1v) is 5.65. The number of aryl methyl sites for hydroxylation is 2. The van der Waals surface area contributed by atoms with Gasteiger partial charge in [-0.05, 0) is 42.7 Å². The molecule has 0 unspecified atom stereocenters. The van der Waals surface area contributed by atoms with Gasteiger partial charge in [0.1, 0.15) is 0 Å². The molecule has 15 heavy (non-hydrogen) atoms. The average Bonchev–Trinajstić information content (AvgIpc) is 2.30. The van der Waals surface area contributed by atoms with Crippen molar-refractivity contribution in [2.75, 3.05) is 0 Å². The van der Waals surface area contributed by atoms with Gasteiger partial charge in [-0.25, -0.2) is 0 Å². The smallest absolute Gasteiger partial charge is 0.0702 e. The van der Waals surface area contributed by atoms with Crippen LogP contribution in [0.25, 0.3) is 10.9 Å². The second kappa shape index (κ2) is 5.50. The molecule has 0 bridgehead atoms. The third-order valence-electron chi connectivity index (χ3n) is 2.29. The predicted molar refractivity (Wildman–Crippen MR) is 67.2 cm³/mol. The minimum Gasteiger partial charge on any atom is -0.256 e. The first-order valence-electron chi connectivity index (χ1n) is 5.65. The number of nitrogens with zero attached hydrogens (tertiary/aromatic N) is 1. The van der Waals surface area contributed by atoms with Gasteiger partial charge >= 0.3 is 0 Å². The van der Waals surface area contributed by atoms with Gasteiger partial charge in [-0.3, -0.25) is 4.98 Å². The highest BCUT2D eigenvalue weighted by Gasteiger charge is 1.95. The van der Waals surface area contributed by atoms with Crippen molar-refractivity contribution in [2.24, 2.45) is 0 Å². The second-order valence-electron chi connectivity index (χ2n) is 3.39. The zero-order valence-electron chi connectivity index (χ0n) is 10.0. The van der Waals surface area contributed by atoms with E-state index in [0.717, 1.165) is 11.9 Å². The summed E-state index contributed by atoms with van der Waals surface area (Å²) in [5.74, 6) is 0. The van der Waals surface area contributed by atoms with Gasteiger partial charge in [0.25, 0.3) is 0 Å². The van der Waals surface area contributed by atoms with Crippen molar-refractivity contribution in [3.8, 4) is 0 Å². The van der Waals surface area contributed by atoms with Gasteiger partial charge in [-0.2, -0.15) is 0 Å². The number of fused-ring (bicyclic) bond motifs is 1. The number of pyridine rings is 1. The van der Waals surface area contributed by atoms with E-state index in [9.17, 15) is 0 Å². The summed E-state index contributed by atoms with van der Waals surface area (Å²) in [5.41, 5.74) is 3.68. The zero-order chi connectivity index (χ0) is 11.3. The standard InChI is InChI=1S/C12H13N.C2H6/c1-3-10-4-5-12-11(7-10)6-9(2)8-13-12;1-2/h4-8H,3H2,1-2H3;1-2H3. The molecule has 0 aliphatic carbocycles. The molecule has 0 amide bonds. The van der Waals surface area contributed by atoms with E-state index in [2.05, 4.69) is 43.1 Å². The number of benzene rings is 1. The lowest BCUT2D eigenvalue weighted by atomic mass is 10.1.